The molecule has 1 N–H and O–H groups in total. The molecule has 1 unspecified atom stereocenters. The van der Waals surface area contributed by atoms with E-state index < -0.39 is 0 Å². The number of rotatable bonds is 2. The predicted molar refractivity (Wildman–Crippen MR) is 50.6 cm³/mol. The second-order valence-corrected chi connectivity index (χ2v) is 3.90. The van der Waals surface area contributed by atoms with Gasteiger partial charge < -0.3 is 5.32 Å². The number of aromatic nitrogens is 3. The Balaban J connectivity index is 2.23. The van der Waals surface area contributed by atoms with Crippen LogP contribution in [0.4, 0.5) is 0 Å². The first-order valence-corrected chi connectivity index (χ1v) is 4.90. The minimum absolute atomic E-state index is 0.510. The maximum Gasteiger partial charge on any atom is 0.0727 e. The SMILES string of the molecule is CC(C)c1cnnn1C1CCNC1. The Morgan fingerprint density at radius 1 is 1.62 bits per heavy atom. The normalized spacial score (nSPS) is 22.8. The molecule has 4 nitrogen and oxygen atoms in total. The molecule has 4 heteroatoms. The van der Waals surface area contributed by atoms with E-state index in [1.165, 1.54) is 12.1 Å². The monoisotopic (exact) mass is 180 g/mol. The van der Waals surface area contributed by atoms with Crippen LogP contribution in [0.15, 0.2) is 6.20 Å². The van der Waals surface area contributed by atoms with E-state index in [-0.39, 0.29) is 0 Å². The van der Waals surface area contributed by atoms with Gasteiger partial charge in [0.25, 0.3) is 0 Å². The van der Waals surface area contributed by atoms with Crippen molar-refractivity contribution in [2.24, 2.45) is 0 Å². The van der Waals surface area contributed by atoms with Crippen LogP contribution in [0, 0.1) is 0 Å². The van der Waals surface area contributed by atoms with Crippen molar-refractivity contribution < 1.29 is 0 Å². The summed E-state index contributed by atoms with van der Waals surface area (Å²) < 4.78 is 2.07. The van der Waals surface area contributed by atoms with Crippen LogP contribution >= 0.6 is 0 Å². The second kappa shape index (κ2) is 3.46. The minimum Gasteiger partial charge on any atom is -0.315 e. The third kappa shape index (κ3) is 1.58. The van der Waals surface area contributed by atoms with Gasteiger partial charge in [0.15, 0.2) is 0 Å². The fourth-order valence-electron chi connectivity index (χ4n) is 1.80. The van der Waals surface area contributed by atoms with E-state index in [9.17, 15) is 0 Å². The van der Waals surface area contributed by atoms with E-state index in [1.807, 2.05) is 6.20 Å². The maximum absolute atomic E-state index is 4.15. The Labute approximate surface area is 78.3 Å². The Morgan fingerprint density at radius 3 is 3.08 bits per heavy atom. The van der Waals surface area contributed by atoms with Crippen molar-refractivity contribution in [3.63, 3.8) is 0 Å². The zero-order chi connectivity index (χ0) is 9.26. The molecule has 2 rings (SSSR count). The van der Waals surface area contributed by atoms with Gasteiger partial charge in [0.05, 0.1) is 17.9 Å². The number of hydrogen-bond acceptors (Lipinski definition) is 3. The average Bonchev–Trinajstić information content (AvgIpc) is 2.74. The molecule has 1 saturated heterocycles. The number of nitrogens with zero attached hydrogens (tertiary/aromatic N) is 3. The lowest BCUT2D eigenvalue weighted by Crippen LogP contribution is -2.17. The average molecular weight is 180 g/mol. The van der Waals surface area contributed by atoms with Gasteiger partial charge in [0.1, 0.15) is 0 Å². The molecule has 0 bridgehead atoms. The molecule has 2 heterocycles. The van der Waals surface area contributed by atoms with E-state index in [0.717, 1.165) is 13.1 Å². The third-order valence-electron chi connectivity index (χ3n) is 2.57. The van der Waals surface area contributed by atoms with E-state index in [0.29, 0.717) is 12.0 Å². The number of nitrogens with one attached hydrogen (secondary N) is 1. The predicted octanol–water partition coefficient (Wildman–Crippen LogP) is 0.936. The molecule has 1 fully saturated rings. The van der Waals surface area contributed by atoms with Crippen molar-refractivity contribution in [3.8, 4) is 0 Å². The van der Waals surface area contributed by atoms with E-state index in [2.05, 4.69) is 34.2 Å². The van der Waals surface area contributed by atoms with Crippen LogP contribution in [-0.2, 0) is 0 Å². The lowest BCUT2D eigenvalue weighted by molar-refractivity contribution is 0.451. The highest BCUT2D eigenvalue weighted by atomic mass is 15.4. The molecule has 1 aliphatic rings. The van der Waals surface area contributed by atoms with Gasteiger partial charge in [0.2, 0.25) is 0 Å². The van der Waals surface area contributed by atoms with E-state index in [1.54, 1.807) is 0 Å². The minimum atomic E-state index is 0.510. The van der Waals surface area contributed by atoms with Crippen LogP contribution in [0.3, 0.4) is 0 Å². The molecule has 0 amide bonds. The van der Waals surface area contributed by atoms with E-state index in [4.69, 9.17) is 0 Å². The Bertz CT molecular complexity index is 273. The zero-order valence-electron chi connectivity index (χ0n) is 8.20. The van der Waals surface area contributed by atoms with Crippen LogP contribution in [0.2, 0.25) is 0 Å². The Morgan fingerprint density at radius 2 is 2.46 bits per heavy atom. The zero-order valence-corrected chi connectivity index (χ0v) is 8.20. The Kier molecular flexibility index (Phi) is 2.31. The van der Waals surface area contributed by atoms with Gasteiger partial charge in [-0.3, -0.25) is 0 Å². The van der Waals surface area contributed by atoms with Crippen molar-refractivity contribution in [1.82, 2.24) is 20.3 Å². The van der Waals surface area contributed by atoms with Crippen LogP contribution < -0.4 is 5.32 Å². The summed E-state index contributed by atoms with van der Waals surface area (Å²) in [5.41, 5.74) is 1.24. The molecule has 72 valence electrons. The molecule has 0 radical (unpaired) electrons. The maximum atomic E-state index is 4.15. The summed E-state index contributed by atoms with van der Waals surface area (Å²) >= 11 is 0. The highest BCUT2D eigenvalue weighted by Gasteiger charge is 2.20. The number of hydrogen-bond donors (Lipinski definition) is 1. The van der Waals surface area contributed by atoms with Gasteiger partial charge in [-0.25, -0.2) is 4.68 Å². The van der Waals surface area contributed by atoms with Gasteiger partial charge >= 0.3 is 0 Å². The smallest absolute Gasteiger partial charge is 0.0727 e. The van der Waals surface area contributed by atoms with Crippen LogP contribution in [0.5, 0.6) is 0 Å². The lowest BCUT2D eigenvalue weighted by atomic mass is 10.1. The third-order valence-corrected chi connectivity index (χ3v) is 2.57. The first-order chi connectivity index (χ1) is 6.29. The van der Waals surface area contributed by atoms with Gasteiger partial charge in [-0.15, -0.1) is 5.10 Å². The summed E-state index contributed by atoms with van der Waals surface area (Å²) in [6.45, 7) is 6.49. The Hall–Kier alpha value is -0.900. The van der Waals surface area contributed by atoms with Crippen molar-refractivity contribution in [1.29, 1.82) is 0 Å². The van der Waals surface area contributed by atoms with Gasteiger partial charge in [0, 0.05) is 6.54 Å². The van der Waals surface area contributed by atoms with Crippen molar-refractivity contribution in [2.75, 3.05) is 13.1 Å². The molecule has 1 aromatic rings. The molecule has 1 atom stereocenters. The summed E-state index contributed by atoms with van der Waals surface area (Å²) in [5, 5.41) is 11.5. The topological polar surface area (TPSA) is 42.7 Å². The molecule has 0 saturated carbocycles. The van der Waals surface area contributed by atoms with Crippen LogP contribution in [0.25, 0.3) is 0 Å². The van der Waals surface area contributed by atoms with Gasteiger partial charge in [-0.05, 0) is 18.9 Å². The van der Waals surface area contributed by atoms with Crippen molar-refractivity contribution >= 4 is 0 Å². The summed E-state index contributed by atoms with van der Waals surface area (Å²) in [6, 6.07) is 0.514. The molecule has 0 aliphatic carbocycles. The highest BCUT2D eigenvalue weighted by Crippen LogP contribution is 2.20. The fourth-order valence-corrected chi connectivity index (χ4v) is 1.80. The van der Waals surface area contributed by atoms with Crippen molar-refractivity contribution in [2.45, 2.75) is 32.2 Å². The highest BCUT2D eigenvalue weighted by molar-refractivity contribution is 5.02. The van der Waals surface area contributed by atoms with Gasteiger partial charge in [-0.2, -0.15) is 0 Å². The summed E-state index contributed by atoms with van der Waals surface area (Å²) in [4.78, 5) is 0. The lowest BCUT2D eigenvalue weighted by Gasteiger charge is -2.13. The van der Waals surface area contributed by atoms with Gasteiger partial charge in [-0.1, -0.05) is 19.1 Å². The van der Waals surface area contributed by atoms with Crippen LogP contribution in [-0.4, -0.2) is 28.1 Å². The summed E-state index contributed by atoms with van der Waals surface area (Å²) in [7, 11) is 0. The first kappa shape index (κ1) is 8.69. The standard InChI is InChI=1S/C9H16N4/c1-7(2)9-6-11-12-13(9)8-3-4-10-5-8/h6-8,10H,3-5H2,1-2H3. The fraction of sp³-hybridized carbons (Fsp3) is 0.778. The molecular weight excluding hydrogens is 164 g/mol. The summed E-state index contributed by atoms with van der Waals surface area (Å²) in [5.74, 6) is 0.510. The molecule has 0 aromatic carbocycles. The van der Waals surface area contributed by atoms with E-state index >= 15 is 0 Å². The largest absolute Gasteiger partial charge is 0.315 e. The molecule has 1 aliphatic heterocycles. The molecule has 13 heavy (non-hydrogen) atoms. The molecular formula is C9H16N4. The molecule has 0 spiro atoms. The van der Waals surface area contributed by atoms with Crippen LogP contribution in [0.1, 0.15) is 37.9 Å². The second-order valence-electron chi connectivity index (χ2n) is 3.90. The summed E-state index contributed by atoms with van der Waals surface area (Å²) in [6.07, 6.45) is 3.05. The molecule has 1 aromatic heterocycles. The first-order valence-electron chi connectivity index (χ1n) is 4.90. The van der Waals surface area contributed by atoms with Crippen molar-refractivity contribution in [3.05, 3.63) is 11.9 Å². The quantitative estimate of drug-likeness (QED) is 0.736.